The molecular formula is C13H27N3O. The number of hydrogen-bond donors (Lipinski definition) is 2. The van der Waals surface area contributed by atoms with Gasteiger partial charge >= 0.3 is 0 Å². The first kappa shape index (κ1) is 14.5. The molecule has 0 aromatic heterocycles. The van der Waals surface area contributed by atoms with Gasteiger partial charge in [0, 0.05) is 25.7 Å². The smallest absolute Gasteiger partial charge is 0.237 e. The molecule has 1 fully saturated rings. The van der Waals surface area contributed by atoms with Crippen molar-refractivity contribution in [3.63, 3.8) is 0 Å². The number of carbonyl (C=O) groups is 1. The van der Waals surface area contributed by atoms with E-state index in [1.807, 2.05) is 20.9 Å². The molecule has 0 radical (unpaired) electrons. The molecule has 1 aliphatic rings. The normalized spacial score (nSPS) is 27.8. The Bertz CT molecular complexity index is 245. The summed E-state index contributed by atoms with van der Waals surface area (Å²) < 4.78 is 0. The van der Waals surface area contributed by atoms with Crippen molar-refractivity contribution in [3.8, 4) is 0 Å². The highest BCUT2D eigenvalue weighted by atomic mass is 16.2. The first-order valence-electron chi connectivity index (χ1n) is 6.83. The minimum Gasteiger partial charge on any atom is -0.355 e. The fraction of sp³-hybridized carbons (Fsp3) is 0.923. The van der Waals surface area contributed by atoms with Gasteiger partial charge in [-0.1, -0.05) is 13.3 Å². The second-order valence-electron chi connectivity index (χ2n) is 4.92. The SMILES string of the molecule is CCNC(=O)C(C)N1CCC(NC)C(CC)C1. The number of likely N-dealkylation sites (N-methyl/N-ethyl adjacent to an activating group) is 1. The first-order chi connectivity index (χ1) is 8.13. The highest BCUT2D eigenvalue weighted by Crippen LogP contribution is 2.21. The molecule has 4 heteroatoms. The Morgan fingerprint density at radius 3 is 2.71 bits per heavy atom. The molecule has 2 N–H and O–H groups in total. The molecule has 1 aliphatic heterocycles. The molecule has 1 heterocycles. The summed E-state index contributed by atoms with van der Waals surface area (Å²) in [7, 11) is 2.04. The van der Waals surface area contributed by atoms with Crippen LogP contribution in [0.25, 0.3) is 0 Å². The molecule has 0 aliphatic carbocycles. The Morgan fingerprint density at radius 2 is 2.18 bits per heavy atom. The lowest BCUT2D eigenvalue weighted by Gasteiger charge is -2.40. The third-order valence-electron chi connectivity index (χ3n) is 3.94. The Hall–Kier alpha value is -0.610. The number of piperidine rings is 1. The molecule has 0 saturated carbocycles. The molecule has 100 valence electrons. The van der Waals surface area contributed by atoms with Gasteiger partial charge in [0.25, 0.3) is 0 Å². The fourth-order valence-electron chi connectivity index (χ4n) is 2.69. The largest absolute Gasteiger partial charge is 0.355 e. The van der Waals surface area contributed by atoms with Crippen LogP contribution in [0, 0.1) is 5.92 Å². The highest BCUT2D eigenvalue weighted by Gasteiger charge is 2.31. The van der Waals surface area contributed by atoms with Crippen LogP contribution in [0.5, 0.6) is 0 Å². The van der Waals surface area contributed by atoms with E-state index in [2.05, 4.69) is 22.5 Å². The lowest BCUT2D eigenvalue weighted by Crippen LogP contribution is -2.54. The van der Waals surface area contributed by atoms with Gasteiger partial charge in [0.2, 0.25) is 5.91 Å². The Kier molecular flexibility index (Phi) is 5.92. The van der Waals surface area contributed by atoms with E-state index >= 15 is 0 Å². The number of nitrogens with one attached hydrogen (secondary N) is 2. The highest BCUT2D eigenvalue weighted by molar-refractivity contribution is 5.81. The van der Waals surface area contributed by atoms with Crippen LogP contribution >= 0.6 is 0 Å². The molecule has 0 spiro atoms. The van der Waals surface area contributed by atoms with Gasteiger partial charge in [-0.2, -0.15) is 0 Å². The molecule has 1 rings (SSSR count). The third kappa shape index (κ3) is 3.68. The topological polar surface area (TPSA) is 44.4 Å². The molecule has 3 atom stereocenters. The van der Waals surface area contributed by atoms with Crippen molar-refractivity contribution in [1.82, 2.24) is 15.5 Å². The second kappa shape index (κ2) is 6.97. The van der Waals surface area contributed by atoms with Crippen LogP contribution < -0.4 is 10.6 Å². The van der Waals surface area contributed by atoms with E-state index in [1.165, 1.54) is 6.42 Å². The minimum atomic E-state index is 0.00167. The Labute approximate surface area is 105 Å². The van der Waals surface area contributed by atoms with Gasteiger partial charge in [-0.05, 0) is 33.2 Å². The quantitative estimate of drug-likeness (QED) is 0.749. The zero-order valence-electron chi connectivity index (χ0n) is 11.6. The minimum absolute atomic E-state index is 0.00167. The molecule has 1 saturated heterocycles. The van der Waals surface area contributed by atoms with Gasteiger partial charge in [-0.25, -0.2) is 0 Å². The fourth-order valence-corrected chi connectivity index (χ4v) is 2.69. The number of carbonyl (C=O) groups excluding carboxylic acids is 1. The van der Waals surface area contributed by atoms with E-state index in [-0.39, 0.29) is 11.9 Å². The molecule has 4 nitrogen and oxygen atoms in total. The summed E-state index contributed by atoms with van der Waals surface area (Å²) in [4.78, 5) is 14.1. The maximum atomic E-state index is 11.8. The van der Waals surface area contributed by atoms with Crippen LogP contribution in [0.3, 0.4) is 0 Å². The predicted octanol–water partition coefficient (Wildman–Crippen LogP) is 0.831. The summed E-state index contributed by atoms with van der Waals surface area (Å²) in [6, 6.07) is 0.611. The van der Waals surface area contributed by atoms with Crippen molar-refractivity contribution >= 4 is 5.91 Å². The maximum Gasteiger partial charge on any atom is 0.237 e. The summed E-state index contributed by atoms with van der Waals surface area (Å²) in [6.45, 7) is 8.97. The van der Waals surface area contributed by atoms with Gasteiger partial charge < -0.3 is 10.6 Å². The monoisotopic (exact) mass is 241 g/mol. The Balaban J connectivity index is 2.53. The van der Waals surface area contributed by atoms with Crippen LogP contribution in [-0.2, 0) is 4.79 Å². The first-order valence-corrected chi connectivity index (χ1v) is 6.83. The van der Waals surface area contributed by atoms with Crippen LogP contribution in [0.4, 0.5) is 0 Å². The summed E-state index contributed by atoms with van der Waals surface area (Å²) >= 11 is 0. The maximum absolute atomic E-state index is 11.8. The van der Waals surface area contributed by atoms with Gasteiger partial charge in [0.05, 0.1) is 6.04 Å². The zero-order valence-corrected chi connectivity index (χ0v) is 11.6. The summed E-state index contributed by atoms with van der Waals surface area (Å²) in [5.74, 6) is 0.816. The standard InChI is InChI=1S/C13H27N3O/c1-5-11-9-16(8-7-12(11)14-4)10(3)13(17)15-6-2/h10-12,14H,5-9H2,1-4H3,(H,15,17). The van der Waals surface area contributed by atoms with Crippen molar-refractivity contribution in [2.24, 2.45) is 5.92 Å². The average Bonchev–Trinajstić information content (AvgIpc) is 2.37. The molecule has 3 unspecified atom stereocenters. The van der Waals surface area contributed by atoms with Crippen molar-refractivity contribution < 1.29 is 4.79 Å². The molecule has 0 aromatic rings. The number of rotatable bonds is 5. The molecule has 1 amide bonds. The number of likely N-dealkylation sites (tertiary alicyclic amines) is 1. The van der Waals surface area contributed by atoms with Gasteiger partial charge in [-0.3, -0.25) is 9.69 Å². The zero-order chi connectivity index (χ0) is 12.8. The molecule has 0 aromatic carbocycles. The van der Waals surface area contributed by atoms with E-state index in [9.17, 15) is 4.79 Å². The van der Waals surface area contributed by atoms with Crippen molar-refractivity contribution in [1.29, 1.82) is 0 Å². The summed E-state index contributed by atoms with van der Waals surface area (Å²) in [5, 5.41) is 6.30. The lowest BCUT2D eigenvalue weighted by atomic mass is 9.89. The second-order valence-corrected chi connectivity index (χ2v) is 4.92. The van der Waals surface area contributed by atoms with Gasteiger partial charge in [-0.15, -0.1) is 0 Å². The Morgan fingerprint density at radius 1 is 1.47 bits per heavy atom. The molecule has 17 heavy (non-hydrogen) atoms. The summed E-state index contributed by atoms with van der Waals surface area (Å²) in [5.41, 5.74) is 0. The van der Waals surface area contributed by atoms with Gasteiger partial charge in [0.1, 0.15) is 0 Å². The van der Waals surface area contributed by atoms with E-state index in [0.717, 1.165) is 19.5 Å². The van der Waals surface area contributed by atoms with Crippen molar-refractivity contribution in [3.05, 3.63) is 0 Å². The van der Waals surface area contributed by atoms with Crippen molar-refractivity contribution in [2.75, 3.05) is 26.7 Å². The van der Waals surface area contributed by atoms with Gasteiger partial charge in [0.15, 0.2) is 0 Å². The summed E-state index contributed by atoms with van der Waals surface area (Å²) in [6.07, 6.45) is 2.31. The number of nitrogens with zero attached hydrogens (tertiary/aromatic N) is 1. The molecule has 0 bridgehead atoms. The van der Waals surface area contributed by atoms with E-state index in [4.69, 9.17) is 0 Å². The lowest BCUT2D eigenvalue weighted by molar-refractivity contribution is -0.126. The van der Waals surface area contributed by atoms with Crippen LogP contribution in [0.2, 0.25) is 0 Å². The van der Waals surface area contributed by atoms with Crippen molar-refractivity contribution in [2.45, 2.75) is 45.7 Å². The average molecular weight is 241 g/mol. The van der Waals surface area contributed by atoms with Crippen LogP contribution in [-0.4, -0.2) is 49.6 Å². The number of hydrogen-bond acceptors (Lipinski definition) is 3. The van der Waals surface area contributed by atoms with Crippen LogP contribution in [0.1, 0.15) is 33.6 Å². The van der Waals surface area contributed by atoms with E-state index < -0.39 is 0 Å². The third-order valence-corrected chi connectivity index (χ3v) is 3.94. The predicted molar refractivity (Wildman–Crippen MR) is 71.0 cm³/mol. The molecular weight excluding hydrogens is 214 g/mol. The van der Waals surface area contributed by atoms with E-state index in [0.29, 0.717) is 18.5 Å². The van der Waals surface area contributed by atoms with E-state index in [1.54, 1.807) is 0 Å². The number of amides is 1. The van der Waals surface area contributed by atoms with Crippen LogP contribution in [0.15, 0.2) is 0 Å².